The number of hydrogen-bond acceptors (Lipinski definition) is 1. The van der Waals surface area contributed by atoms with E-state index in [0.717, 1.165) is 18.8 Å². The van der Waals surface area contributed by atoms with E-state index < -0.39 is 0 Å². The first-order valence-electron chi connectivity index (χ1n) is 7.51. The van der Waals surface area contributed by atoms with Gasteiger partial charge in [0.1, 0.15) is 0 Å². The summed E-state index contributed by atoms with van der Waals surface area (Å²) in [6, 6.07) is 0. The molecule has 1 saturated carbocycles. The Morgan fingerprint density at radius 2 is 1.62 bits per heavy atom. The second-order valence-corrected chi connectivity index (χ2v) is 5.60. The molecule has 1 rings (SSSR count). The van der Waals surface area contributed by atoms with Gasteiger partial charge in [-0.05, 0) is 18.8 Å². The van der Waals surface area contributed by atoms with Crippen molar-refractivity contribution in [3.8, 4) is 0 Å². The van der Waals surface area contributed by atoms with Crippen LogP contribution in [-0.4, -0.2) is 11.2 Å². The van der Waals surface area contributed by atoms with Crippen LogP contribution < -0.4 is 0 Å². The average molecular weight is 226 g/mol. The van der Waals surface area contributed by atoms with Crippen molar-refractivity contribution in [3.63, 3.8) is 0 Å². The lowest BCUT2D eigenvalue weighted by molar-refractivity contribution is 0.138. The molecule has 1 nitrogen and oxygen atoms in total. The molecule has 96 valence electrons. The molecule has 0 amide bonds. The van der Waals surface area contributed by atoms with Crippen LogP contribution in [0.2, 0.25) is 0 Å². The molecule has 1 aliphatic rings. The fraction of sp³-hybridized carbons (Fsp3) is 1.00. The van der Waals surface area contributed by atoms with E-state index in [9.17, 15) is 5.11 Å². The molecule has 0 bridgehead atoms. The first-order chi connectivity index (χ1) is 7.83. The van der Waals surface area contributed by atoms with E-state index in [1.807, 2.05) is 0 Å². The molecule has 1 N–H and O–H groups in total. The van der Waals surface area contributed by atoms with Crippen LogP contribution in [0.4, 0.5) is 0 Å². The Hall–Kier alpha value is -0.0400. The van der Waals surface area contributed by atoms with Gasteiger partial charge in [-0.3, -0.25) is 0 Å². The van der Waals surface area contributed by atoms with E-state index in [1.165, 1.54) is 64.2 Å². The highest BCUT2D eigenvalue weighted by atomic mass is 16.3. The van der Waals surface area contributed by atoms with E-state index >= 15 is 0 Å². The van der Waals surface area contributed by atoms with Gasteiger partial charge >= 0.3 is 0 Å². The van der Waals surface area contributed by atoms with E-state index in [1.54, 1.807) is 0 Å². The number of aliphatic hydroxyl groups excluding tert-OH is 1. The summed E-state index contributed by atoms with van der Waals surface area (Å²) in [5.41, 5.74) is 0. The maximum absolute atomic E-state index is 9.73. The minimum Gasteiger partial charge on any atom is -0.393 e. The zero-order valence-electron chi connectivity index (χ0n) is 11.1. The topological polar surface area (TPSA) is 20.2 Å². The summed E-state index contributed by atoms with van der Waals surface area (Å²) in [5, 5.41) is 9.73. The van der Waals surface area contributed by atoms with Crippen molar-refractivity contribution < 1.29 is 5.11 Å². The molecule has 16 heavy (non-hydrogen) atoms. The lowest BCUT2D eigenvalue weighted by Gasteiger charge is -2.16. The van der Waals surface area contributed by atoms with E-state index in [0.29, 0.717) is 0 Å². The standard InChI is InChI=1S/C15H30O/c1-2-3-4-5-6-7-10-14-11-8-9-12-15(16)13-14/h14-16H,2-13H2,1H3. The van der Waals surface area contributed by atoms with Crippen LogP contribution in [0.15, 0.2) is 0 Å². The minimum atomic E-state index is 0.00703. The summed E-state index contributed by atoms with van der Waals surface area (Å²) in [6.07, 6.45) is 15.8. The molecule has 0 aromatic heterocycles. The Morgan fingerprint density at radius 1 is 0.938 bits per heavy atom. The Kier molecular flexibility index (Phi) is 7.92. The number of rotatable bonds is 7. The smallest absolute Gasteiger partial charge is 0.0542 e. The van der Waals surface area contributed by atoms with Gasteiger partial charge in [-0.25, -0.2) is 0 Å². The van der Waals surface area contributed by atoms with Gasteiger partial charge in [0, 0.05) is 0 Å². The second kappa shape index (κ2) is 9.04. The van der Waals surface area contributed by atoms with Gasteiger partial charge in [-0.2, -0.15) is 0 Å². The maximum atomic E-state index is 9.73. The van der Waals surface area contributed by atoms with Crippen molar-refractivity contribution in [3.05, 3.63) is 0 Å². The highest BCUT2D eigenvalue weighted by Gasteiger charge is 2.17. The highest BCUT2D eigenvalue weighted by molar-refractivity contribution is 4.70. The maximum Gasteiger partial charge on any atom is 0.0542 e. The van der Waals surface area contributed by atoms with Crippen LogP contribution in [0.3, 0.4) is 0 Å². The Morgan fingerprint density at radius 3 is 2.44 bits per heavy atom. The van der Waals surface area contributed by atoms with Crippen LogP contribution in [0, 0.1) is 5.92 Å². The van der Waals surface area contributed by atoms with Gasteiger partial charge in [0.05, 0.1) is 6.10 Å². The van der Waals surface area contributed by atoms with Crippen LogP contribution in [0.25, 0.3) is 0 Å². The summed E-state index contributed by atoms with van der Waals surface area (Å²) in [5.74, 6) is 0.823. The summed E-state index contributed by atoms with van der Waals surface area (Å²) in [4.78, 5) is 0. The quantitative estimate of drug-likeness (QED) is 0.494. The molecule has 0 saturated heterocycles. The van der Waals surface area contributed by atoms with Crippen LogP contribution in [0.1, 0.15) is 84.0 Å². The monoisotopic (exact) mass is 226 g/mol. The summed E-state index contributed by atoms with van der Waals surface area (Å²) in [7, 11) is 0. The number of hydrogen-bond donors (Lipinski definition) is 1. The SMILES string of the molecule is CCCCCCCCC1CCCCC(O)C1. The van der Waals surface area contributed by atoms with Gasteiger partial charge in [-0.15, -0.1) is 0 Å². The largest absolute Gasteiger partial charge is 0.393 e. The highest BCUT2D eigenvalue weighted by Crippen LogP contribution is 2.27. The fourth-order valence-corrected chi connectivity index (χ4v) is 2.91. The number of aliphatic hydroxyl groups is 1. The van der Waals surface area contributed by atoms with Gasteiger partial charge in [0.25, 0.3) is 0 Å². The van der Waals surface area contributed by atoms with E-state index in [-0.39, 0.29) is 6.10 Å². The molecule has 2 atom stereocenters. The third kappa shape index (κ3) is 6.52. The molecule has 0 radical (unpaired) electrons. The summed E-state index contributed by atoms with van der Waals surface area (Å²) >= 11 is 0. The summed E-state index contributed by atoms with van der Waals surface area (Å²) in [6.45, 7) is 2.27. The Labute approximate surface area is 102 Å². The zero-order valence-corrected chi connectivity index (χ0v) is 11.1. The molecule has 1 aliphatic carbocycles. The zero-order chi connectivity index (χ0) is 11.6. The lowest BCUT2D eigenvalue weighted by atomic mass is 9.93. The van der Waals surface area contributed by atoms with Gasteiger partial charge in [0.2, 0.25) is 0 Å². The van der Waals surface area contributed by atoms with Gasteiger partial charge in [0.15, 0.2) is 0 Å². The first-order valence-corrected chi connectivity index (χ1v) is 7.51. The molecule has 1 fully saturated rings. The predicted octanol–water partition coefficient (Wildman–Crippen LogP) is 4.68. The van der Waals surface area contributed by atoms with Gasteiger partial charge < -0.3 is 5.11 Å². The second-order valence-electron chi connectivity index (χ2n) is 5.60. The molecule has 0 aromatic rings. The van der Waals surface area contributed by atoms with Crippen molar-refractivity contribution in [2.45, 2.75) is 90.1 Å². The predicted molar refractivity (Wildman–Crippen MR) is 70.6 cm³/mol. The minimum absolute atomic E-state index is 0.00703. The van der Waals surface area contributed by atoms with Crippen LogP contribution in [-0.2, 0) is 0 Å². The van der Waals surface area contributed by atoms with Crippen molar-refractivity contribution >= 4 is 0 Å². The van der Waals surface area contributed by atoms with Gasteiger partial charge in [-0.1, -0.05) is 71.1 Å². The molecular formula is C15H30O. The normalized spacial score (nSPS) is 26.6. The molecular weight excluding hydrogens is 196 g/mol. The van der Waals surface area contributed by atoms with Crippen LogP contribution >= 0.6 is 0 Å². The van der Waals surface area contributed by atoms with Crippen molar-refractivity contribution in [2.24, 2.45) is 5.92 Å². The van der Waals surface area contributed by atoms with Crippen molar-refractivity contribution in [2.75, 3.05) is 0 Å². The van der Waals surface area contributed by atoms with E-state index in [4.69, 9.17) is 0 Å². The fourth-order valence-electron chi connectivity index (χ4n) is 2.91. The molecule has 0 aromatic carbocycles. The average Bonchev–Trinajstić information content (AvgIpc) is 2.48. The van der Waals surface area contributed by atoms with E-state index in [2.05, 4.69) is 6.92 Å². The Bertz CT molecular complexity index is 156. The molecule has 2 unspecified atom stereocenters. The lowest BCUT2D eigenvalue weighted by Crippen LogP contribution is -2.10. The third-order valence-electron chi connectivity index (χ3n) is 3.97. The van der Waals surface area contributed by atoms with Crippen molar-refractivity contribution in [1.29, 1.82) is 0 Å². The molecule has 1 heteroatoms. The molecule has 0 aliphatic heterocycles. The molecule has 0 spiro atoms. The Balaban J connectivity index is 1.98. The van der Waals surface area contributed by atoms with Crippen LogP contribution in [0.5, 0.6) is 0 Å². The van der Waals surface area contributed by atoms with Crippen molar-refractivity contribution in [1.82, 2.24) is 0 Å². The summed E-state index contributed by atoms with van der Waals surface area (Å²) < 4.78 is 0. The number of unbranched alkanes of at least 4 members (excludes halogenated alkanes) is 5. The molecule has 0 heterocycles. The first kappa shape index (κ1) is 14.0. The third-order valence-corrected chi connectivity index (χ3v) is 3.97.